The average Bonchev–Trinajstić information content (AvgIpc) is 3.27. The van der Waals surface area contributed by atoms with E-state index in [1.165, 1.54) is 0 Å². The molecule has 0 saturated carbocycles. The molecule has 1 atom stereocenters. The summed E-state index contributed by atoms with van der Waals surface area (Å²) in [5, 5.41) is 17.6. The topological polar surface area (TPSA) is 74.8 Å². The van der Waals surface area contributed by atoms with Gasteiger partial charge in [0, 0.05) is 30.3 Å². The number of rotatable bonds is 5. The van der Waals surface area contributed by atoms with Gasteiger partial charge in [-0.2, -0.15) is 5.26 Å². The number of nitriles is 1. The van der Waals surface area contributed by atoms with Crippen molar-refractivity contribution in [2.24, 2.45) is 0 Å². The maximum Gasteiger partial charge on any atom is 0.254 e. The molecular formula is C23H23N5O. The van der Waals surface area contributed by atoms with Crippen LogP contribution in [0, 0.1) is 11.3 Å². The Morgan fingerprint density at radius 1 is 1.14 bits per heavy atom. The van der Waals surface area contributed by atoms with Gasteiger partial charge in [0.2, 0.25) is 0 Å². The second-order valence-corrected chi connectivity index (χ2v) is 7.36. The van der Waals surface area contributed by atoms with E-state index in [1.54, 1.807) is 24.3 Å². The molecule has 0 spiro atoms. The van der Waals surface area contributed by atoms with Crippen LogP contribution in [0.25, 0.3) is 11.3 Å². The largest absolute Gasteiger partial charge is 0.336 e. The van der Waals surface area contributed by atoms with Crippen LogP contribution in [0.3, 0.4) is 0 Å². The van der Waals surface area contributed by atoms with E-state index in [9.17, 15) is 4.79 Å². The summed E-state index contributed by atoms with van der Waals surface area (Å²) in [5.41, 5.74) is 3.00. The van der Waals surface area contributed by atoms with Crippen LogP contribution in [0.2, 0.25) is 0 Å². The molecule has 0 bridgehead atoms. The van der Waals surface area contributed by atoms with Gasteiger partial charge in [-0.15, -0.1) is 5.10 Å². The molecule has 2 heterocycles. The number of aryl methyl sites for hydroxylation is 1. The summed E-state index contributed by atoms with van der Waals surface area (Å²) in [6, 6.07) is 19.2. The Labute approximate surface area is 170 Å². The zero-order valence-corrected chi connectivity index (χ0v) is 16.2. The Hall–Kier alpha value is -3.46. The second-order valence-electron chi connectivity index (χ2n) is 7.36. The Morgan fingerprint density at radius 3 is 2.83 bits per heavy atom. The van der Waals surface area contributed by atoms with Gasteiger partial charge in [0.25, 0.3) is 5.91 Å². The molecule has 146 valence electrons. The molecule has 1 amide bonds. The zero-order valence-electron chi connectivity index (χ0n) is 16.2. The van der Waals surface area contributed by atoms with Crippen LogP contribution in [0.4, 0.5) is 0 Å². The monoisotopic (exact) mass is 385 g/mol. The van der Waals surface area contributed by atoms with Crippen molar-refractivity contribution in [2.75, 3.05) is 6.54 Å². The van der Waals surface area contributed by atoms with Crippen LogP contribution in [-0.2, 0) is 6.54 Å². The Morgan fingerprint density at radius 2 is 2.00 bits per heavy atom. The Kier molecular flexibility index (Phi) is 5.66. The summed E-state index contributed by atoms with van der Waals surface area (Å²) in [5.74, 6) is 0.00960. The third kappa shape index (κ3) is 4.35. The molecule has 1 aliphatic heterocycles. The van der Waals surface area contributed by atoms with E-state index in [2.05, 4.69) is 16.4 Å². The highest BCUT2D eigenvalue weighted by Crippen LogP contribution is 2.23. The molecule has 3 aromatic rings. The number of likely N-dealkylation sites (tertiary alicyclic amines) is 1. The molecule has 29 heavy (non-hydrogen) atoms. The van der Waals surface area contributed by atoms with Gasteiger partial charge in [-0.25, -0.2) is 0 Å². The minimum Gasteiger partial charge on any atom is -0.336 e. The van der Waals surface area contributed by atoms with E-state index in [-0.39, 0.29) is 11.9 Å². The molecule has 0 N–H and O–H groups in total. The van der Waals surface area contributed by atoms with Crippen LogP contribution < -0.4 is 0 Å². The van der Waals surface area contributed by atoms with Crippen LogP contribution in [-0.4, -0.2) is 38.4 Å². The molecule has 1 fully saturated rings. The van der Waals surface area contributed by atoms with Crippen molar-refractivity contribution in [3.05, 3.63) is 71.9 Å². The predicted molar refractivity (Wildman–Crippen MR) is 110 cm³/mol. The third-order valence-electron chi connectivity index (χ3n) is 5.43. The Balaban J connectivity index is 1.44. The van der Waals surface area contributed by atoms with Gasteiger partial charge in [0.1, 0.15) is 5.69 Å². The average molecular weight is 385 g/mol. The molecule has 0 radical (unpaired) electrons. The van der Waals surface area contributed by atoms with E-state index < -0.39 is 0 Å². The number of nitrogens with zero attached hydrogens (tertiary/aromatic N) is 5. The number of amides is 1. The lowest BCUT2D eigenvalue weighted by atomic mass is 9.98. The first kappa shape index (κ1) is 18.9. The first-order chi connectivity index (χ1) is 14.2. The van der Waals surface area contributed by atoms with Crippen molar-refractivity contribution in [1.82, 2.24) is 19.9 Å². The van der Waals surface area contributed by atoms with E-state index in [0.717, 1.165) is 43.5 Å². The molecule has 6 nitrogen and oxygen atoms in total. The highest BCUT2D eigenvalue weighted by Gasteiger charge is 2.27. The first-order valence-corrected chi connectivity index (χ1v) is 10.0. The molecule has 1 saturated heterocycles. The van der Waals surface area contributed by atoms with E-state index in [4.69, 9.17) is 5.26 Å². The minimum atomic E-state index is 0.00960. The van der Waals surface area contributed by atoms with Crippen LogP contribution in [0.1, 0.15) is 41.6 Å². The van der Waals surface area contributed by atoms with Gasteiger partial charge >= 0.3 is 0 Å². The smallest absolute Gasteiger partial charge is 0.254 e. The maximum absolute atomic E-state index is 13.1. The minimum absolute atomic E-state index is 0.00960. The summed E-state index contributed by atoms with van der Waals surface area (Å²) in [7, 11) is 0. The van der Waals surface area contributed by atoms with Gasteiger partial charge in [-0.1, -0.05) is 41.6 Å². The molecule has 0 aliphatic carbocycles. The van der Waals surface area contributed by atoms with Crippen LogP contribution in [0.15, 0.2) is 60.8 Å². The highest BCUT2D eigenvalue weighted by atomic mass is 16.2. The van der Waals surface area contributed by atoms with Gasteiger partial charge in [0.15, 0.2) is 0 Å². The number of aromatic nitrogens is 3. The molecular weight excluding hydrogens is 362 g/mol. The van der Waals surface area contributed by atoms with E-state index in [1.807, 2.05) is 46.1 Å². The lowest BCUT2D eigenvalue weighted by Crippen LogP contribution is -2.44. The number of piperidine rings is 1. The van der Waals surface area contributed by atoms with E-state index in [0.29, 0.717) is 17.7 Å². The van der Waals surface area contributed by atoms with Crippen molar-refractivity contribution in [3.8, 4) is 17.3 Å². The Bertz CT molecular complexity index is 1020. The number of carbonyl (C=O) groups is 1. The third-order valence-corrected chi connectivity index (χ3v) is 5.43. The quantitative estimate of drug-likeness (QED) is 0.667. The van der Waals surface area contributed by atoms with Gasteiger partial charge in [-0.3, -0.25) is 9.48 Å². The van der Waals surface area contributed by atoms with Crippen molar-refractivity contribution in [2.45, 2.75) is 38.3 Å². The predicted octanol–water partition coefficient (Wildman–Crippen LogP) is 3.90. The summed E-state index contributed by atoms with van der Waals surface area (Å²) in [6.45, 7) is 1.47. The SMILES string of the molecule is N#Cc1cccc(C(=O)N2CCCCC2CCn2cc(-c3ccccc3)nn2)c1. The standard InChI is InChI=1S/C23H23N5O/c24-16-18-7-6-10-20(15-18)23(29)28-13-5-4-11-21(28)12-14-27-17-22(25-26-27)19-8-2-1-3-9-19/h1-3,6-10,15,17,21H,4-5,11-14H2. The van der Waals surface area contributed by atoms with Crippen LogP contribution >= 0.6 is 0 Å². The lowest BCUT2D eigenvalue weighted by molar-refractivity contribution is 0.0593. The summed E-state index contributed by atoms with van der Waals surface area (Å²) >= 11 is 0. The van der Waals surface area contributed by atoms with Crippen molar-refractivity contribution in [1.29, 1.82) is 5.26 Å². The molecule has 6 heteroatoms. The number of hydrogen-bond acceptors (Lipinski definition) is 4. The number of carbonyl (C=O) groups excluding carboxylic acids is 1. The lowest BCUT2D eigenvalue weighted by Gasteiger charge is -2.36. The fourth-order valence-corrected chi connectivity index (χ4v) is 3.89. The molecule has 2 aromatic carbocycles. The van der Waals surface area contributed by atoms with Crippen LogP contribution in [0.5, 0.6) is 0 Å². The number of benzene rings is 2. The highest BCUT2D eigenvalue weighted by molar-refractivity contribution is 5.94. The normalized spacial score (nSPS) is 16.4. The van der Waals surface area contributed by atoms with Gasteiger partial charge in [-0.05, 0) is 43.9 Å². The second kappa shape index (κ2) is 8.70. The van der Waals surface area contributed by atoms with Crippen molar-refractivity contribution >= 4 is 5.91 Å². The zero-order chi connectivity index (χ0) is 20.1. The molecule has 1 unspecified atom stereocenters. The van der Waals surface area contributed by atoms with Crippen molar-refractivity contribution < 1.29 is 4.79 Å². The number of hydrogen-bond donors (Lipinski definition) is 0. The summed E-state index contributed by atoms with van der Waals surface area (Å²) in [4.78, 5) is 15.0. The van der Waals surface area contributed by atoms with Gasteiger partial charge in [0.05, 0.1) is 17.8 Å². The fraction of sp³-hybridized carbons (Fsp3) is 0.304. The maximum atomic E-state index is 13.1. The molecule has 1 aromatic heterocycles. The summed E-state index contributed by atoms with van der Waals surface area (Å²) < 4.78 is 1.86. The van der Waals surface area contributed by atoms with E-state index >= 15 is 0 Å². The molecule has 1 aliphatic rings. The van der Waals surface area contributed by atoms with Crippen molar-refractivity contribution in [3.63, 3.8) is 0 Å². The summed E-state index contributed by atoms with van der Waals surface area (Å²) in [6.07, 6.45) is 5.92. The van der Waals surface area contributed by atoms with Gasteiger partial charge < -0.3 is 4.90 Å². The fourth-order valence-electron chi connectivity index (χ4n) is 3.89. The molecule has 4 rings (SSSR count). The first-order valence-electron chi connectivity index (χ1n) is 10.0.